The van der Waals surface area contributed by atoms with E-state index in [0.29, 0.717) is 19.4 Å². The van der Waals surface area contributed by atoms with Crippen molar-refractivity contribution in [2.24, 2.45) is 4.99 Å². The third kappa shape index (κ3) is 5.99. The van der Waals surface area contributed by atoms with Crippen molar-refractivity contribution in [3.8, 4) is 0 Å². The quantitative estimate of drug-likeness (QED) is 0.429. The Hall–Kier alpha value is -1.63. The standard InChI is InChI=1S/C18H26BrFN4O/c1-3-17(25)24-10-8-15(12-24)23-18(21-2)22-9-4-5-13-6-7-14(19)11-16(13)20/h6-7,11,15H,3-5,8-10,12H2,1-2H3,(H2,21,22,23). The van der Waals surface area contributed by atoms with Gasteiger partial charge in [-0.3, -0.25) is 9.79 Å². The minimum atomic E-state index is -0.177. The highest BCUT2D eigenvalue weighted by molar-refractivity contribution is 9.10. The van der Waals surface area contributed by atoms with Gasteiger partial charge in [0.25, 0.3) is 0 Å². The largest absolute Gasteiger partial charge is 0.356 e. The van der Waals surface area contributed by atoms with Gasteiger partial charge in [-0.25, -0.2) is 4.39 Å². The smallest absolute Gasteiger partial charge is 0.222 e. The Morgan fingerprint density at radius 3 is 2.96 bits per heavy atom. The van der Waals surface area contributed by atoms with Crippen molar-refractivity contribution in [2.75, 3.05) is 26.7 Å². The van der Waals surface area contributed by atoms with E-state index in [9.17, 15) is 9.18 Å². The van der Waals surface area contributed by atoms with E-state index in [1.54, 1.807) is 7.05 Å². The minimum absolute atomic E-state index is 0.177. The van der Waals surface area contributed by atoms with Gasteiger partial charge in [-0.15, -0.1) is 0 Å². The van der Waals surface area contributed by atoms with Gasteiger partial charge in [0.15, 0.2) is 5.96 Å². The summed E-state index contributed by atoms with van der Waals surface area (Å²) in [5.41, 5.74) is 0.720. The summed E-state index contributed by atoms with van der Waals surface area (Å²) in [6, 6.07) is 5.39. The lowest BCUT2D eigenvalue weighted by molar-refractivity contribution is -0.129. The molecule has 1 heterocycles. The zero-order chi connectivity index (χ0) is 18.2. The highest BCUT2D eigenvalue weighted by atomic mass is 79.9. The molecule has 1 saturated heterocycles. The van der Waals surface area contributed by atoms with E-state index in [1.807, 2.05) is 24.0 Å². The number of guanidine groups is 1. The van der Waals surface area contributed by atoms with Crippen molar-refractivity contribution in [1.29, 1.82) is 0 Å². The number of nitrogens with one attached hydrogen (secondary N) is 2. The molecule has 0 saturated carbocycles. The zero-order valence-electron chi connectivity index (χ0n) is 14.8. The van der Waals surface area contributed by atoms with Crippen molar-refractivity contribution >= 4 is 27.8 Å². The average molecular weight is 413 g/mol. The molecule has 1 amide bonds. The van der Waals surface area contributed by atoms with Crippen LogP contribution in [0.15, 0.2) is 27.7 Å². The van der Waals surface area contributed by atoms with Gasteiger partial charge in [0.2, 0.25) is 5.91 Å². The van der Waals surface area contributed by atoms with Crippen LogP contribution in [-0.4, -0.2) is 49.5 Å². The fraction of sp³-hybridized carbons (Fsp3) is 0.556. The van der Waals surface area contributed by atoms with Crippen molar-refractivity contribution in [1.82, 2.24) is 15.5 Å². The average Bonchev–Trinajstić information content (AvgIpc) is 3.07. The monoisotopic (exact) mass is 412 g/mol. The second-order valence-corrected chi connectivity index (χ2v) is 7.08. The second kappa shape index (κ2) is 9.75. The molecule has 1 aliphatic rings. The molecule has 2 N–H and O–H groups in total. The number of aliphatic imine (C=N–C) groups is 1. The highest BCUT2D eigenvalue weighted by Crippen LogP contribution is 2.16. The summed E-state index contributed by atoms with van der Waals surface area (Å²) in [5.74, 6) is 0.749. The topological polar surface area (TPSA) is 56.7 Å². The molecule has 0 aromatic heterocycles. The molecule has 0 radical (unpaired) electrons. The third-order valence-corrected chi connectivity index (χ3v) is 4.83. The summed E-state index contributed by atoms with van der Waals surface area (Å²) >= 11 is 3.26. The molecule has 2 rings (SSSR count). The Kier molecular flexibility index (Phi) is 7.68. The van der Waals surface area contributed by atoms with E-state index in [4.69, 9.17) is 0 Å². The van der Waals surface area contributed by atoms with Crippen LogP contribution >= 0.6 is 15.9 Å². The summed E-state index contributed by atoms with van der Waals surface area (Å²) in [7, 11) is 1.73. The number of aryl methyl sites for hydroxylation is 1. The van der Waals surface area contributed by atoms with Crippen molar-refractivity contribution in [3.63, 3.8) is 0 Å². The van der Waals surface area contributed by atoms with E-state index in [-0.39, 0.29) is 17.8 Å². The summed E-state index contributed by atoms with van der Waals surface area (Å²) in [4.78, 5) is 17.8. The number of rotatable bonds is 6. The van der Waals surface area contributed by atoms with E-state index in [2.05, 4.69) is 31.6 Å². The summed E-state index contributed by atoms with van der Waals surface area (Å²) in [6.07, 6.45) is 2.96. The predicted molar refractivity (Wildman–Crippen MR) is 102 cm³/mol. The van der Waals surface area contributed by atoms with Crippen LogP contribution in [0.2, 0.25) is 0 Å². The van der Waals surface area contributed by atoms with Crippen LogP contribution < -0.4 is 10.6 Å². The van der Waals surface area contributed by atoms with Gasteiger partial charge in [0.05, 0.1) is 0 Å². The Bertz CT molecular complexity index is 623. The number of amides is 1. The summed E-state index contributed by atoms with van der Waals surface area (Å²) in [6.45, 7) is 4.11. The van der Waals surface area contributed by atoms with Crippen molar-refractivity contribution in [2.45, 2.75) is 38.6 Å². The van der Waals surface area contributed by atoms with Gasteiger partial charge in [-0.2, -0.15) is 0 Å². The molecule has 1 fully saturated rings. The molecule has 1 atom stereocenters. The lowest BCUT2D eigenvalue weighted by Gasteiger charge is -2.18. The Morgan fingerprint density at radius 2 is 2.28 bits per heavy atom. The van der Waals surface area contributed by atoms with E-state index in [0.717, 1.165) is 41.9 Å². The maximum atomic E-state index is 13.8. The second-order valence-electron chi connectivity index (χ2n) is 6.16. The molecule has 7 heteroatoms. The minimum Gasteiger partial charge on any atom is -0.356 e. The molecular formula is C18H26BrFN4O. The van der Waals surface area contributed by atoms with Gasteiger partial charge in [-0.05, 0) is 37.0 Å². The fourth-order valence-electron chi connectivity index (χ4n) is 2.93. The van der Waals surface area contributed by atoms with E-state index in [1.165, 1.54) is 6.07 Å². The maximum Gasteiger partial charge on any atom is 0.222 e. The first-order valence-electron chi connectivity index (χ1n) is 8.72. The van der Waals surface area contributed by atoms with Crippen LogP contribution in [0.5, 0.6) is 0 Å². The molecule has 0 spiro atoms. The van der Waals surface area contributed by atoms with Gasteiger partial charge in [0.1, 0.15) is 5.82 Å². The van der Waals surface area contributed by atoms with Gasteiger partial charge < -0.3 is 15.5 Å². The van der Waals surface area contributed by atoms with Crippen LogP contribution in [0, 0.1) is 5.82 Å². The lowest BCUT2D eigenvalue weighted by atomic mass is 10.1. The van der Waals surface area contributed by atoms with E-state index < -0.39 is 0 Å². The van der Waals surface area contributed by atoms with Gasteiger partial charge in [0, 0.05) is 43.6 Å². The fourth-order valence-corrected chi connectivity index (χ4v) is 3.26. The normalized spacial score (nSPS) is 17.7. The molecular weight excluding hydrogens is 387 g/mol. The molecule has 0 bridgehead atoms. The lowest BCUT2D eigenvalue weighted by Crippen LogP contribution is -2.45. The van der Waals surface area contributed by atoms with Crippen LogP contribution in [-0.2, 0) is 11.2 Å². The number of nitrogens with zero attached hydrogens (tertiary/aromatic N) is 2. The molecule has 5 nitrogen and oxygen atoms in total. The zero-order valence-corrected chi connectivity index (χ0v) is 16.4. The number of halogens is 2. The first kappa shape index (κ1) is 19.7. The molecule has 25 heavy (non-hydrogen) atoms. The molecule has 1 aromatic rings. The number of benzene rings is 1. The van der Waals surface area contributed by atoms with Crippen LogP contribution in [0.3, 0.4) is 0 Å². The molecule has 1 aromatic carbocycles. The van der Waals surface area contributed by atoms with Crippen LogP contribution in [0.1, 0.15) is 31.7 Å². The van der Waals surface area contributed by atoms with Gasteiger partial charge >= 0.3 is 0 Å². The molecule has 0 aliphatic carbocycles. The van der Waals surface area contributed by atoms with Crippen molar-refractivity contribution in [3.05, 3.63) is 34.1 Å². The molecule has 1 aliphatic heterocycles. The Labute approximate surface area is 157 Å². The molecule has 138 valence electrons. The highest BCUT2D eigenvalue weighted by Gasteiger charge is 2.25. The number of carbonyl (C=O) groups is 1. The first-order chi connectivity index (χ1) is 12.0. The number of carbonyl (C=O) groups excluding carboxylic acids is 1. The van der Waals surface area contributed by atoms with Gasteiger partial charge in [-0.1, -0.05) is 28.9 Å². The molecule has 1 unspecified atom stereocenters. The van der Waals surface area contributed by atoms with Crippen LogP contribution in [0.25, 0.3) is 0 Å². The number of likely N-dealkylation sites (tertiary alicyclic amines) is 1. The third-order valence-electron chi connectivity index (χ3n) is 4.34. The predicted octanol–water partition coefficient (Wildman–Crippen LogP) is 2.70. The summed E-state index contributed by atoms with van der Waals surface area (Å²) < 4.78 is 14.5. The summed E-state index contributed by atoms with van der Waals surface area (Å²) in [5, 5.41) is 6.62. The van der Waals surface area contributed by atoms with Crippen LogP contribution in [0.4, 0.5) is 4.39 Å². The Morgan fingerprint density at radius 1 is 1.48 bits per heavy atom. The first-order valence-corrected chi connectivity index (χ1v) is 9.51. The SMILES string of the molecule is CCC(=O)N1CCC(NC(=NC)NCCCc2ccc(Br)cc2F)C1. The number of hydrogen-bond donors (Lipinski definition) is 2. The van der Waals surface area contributed by atoms with E-state index >= 15 is 0 Å². The van der Waals surface area contributed by atoms with Crippen molar-refractivity contribution < 1.29 is 9.18 Å². The Balaban J connectivity index is 1.71. The maximum absolute atomic E-state index is 13.8. The number of hydrogen-bond acceptors (Lipinski definition) is 2.